The molecule has 1 radical (unpaired) electrons. The summed E-state index contributed by atoms with van der Waals surface area (Å²) in [5.74, 6) is 0. The highest BCUT2D eigenvalue weighted by molar-refractivity contribution is 6.60. The van der Waals surface area contributed by atoms with Crippen molar-refractivity contribution in [3.8, 4) is 0 Å². The van der Waals surface area contributed by atoms with Crippen LogP contribution >= 0.6 is 0 Å². The molecule has 1 amide bonds. The molecule has 0 aliphatic heterocycles. The van der Waals surface area contributed by atoms with E-state index in [1.807, 2.05) is 36.7 Å². The van der Waals surface area contributed by atoms with Gasteiger partial charge in [0.25, 0.3) is 0 Å². The van der Waals surface area contributed by atoms with Crippen LogP contribution in [0.25, 0.3) is 0 Å². The van der Waals surface area contributed by atoms with E-state index in [-0.39, 0.29) is 0 Å². The Labute approximate surface area is 115 Å². The van der Waals surface area contributed by atoms with Gasteiger partial charge < -0.3 is 18.2 Å². The van der Waals surface area contributed by atoms with Crippen molar-refractivity contribution in [3.05, 3.63) is 30.3 Å². The molecule has 19 heavy (non-hydrogen) atoms. The average Bonchev–Trinajstić information content (AvgIpc) is 2.49. The van der Waals surface area contributed by atoms with Crippen LogP contribution in [-0.2, 0) is 18.1 Å². The number of anilines is 1. The van der Waals surface area contributed by atoms with E-state index in [1.165, 1.54) is 0 Å². The summed E-state index contributed by atoms with van der Waals surface area (Å²) in [5.41, 5.74) is 0.831. The Bertz CT molecular complexity index is 362. The maximum absolute atomic E-state index is 11.0. The van der Waals surface area contributed by atoms with Crippen LogP contribution in [0, 0.1) is 0 Å². The third kappa shape index (κ3) is 4.43. The third-order valence-electron chi connectivity index (χ3n) is 2.98. The van der Waals surface area contributed by atoms with Crippen molar-refractivity contribution >= 4 is 20.9 Å². The van der Waals surface area contributed by atoms with Crippen LogP contribution in [0.15, 0.2) is 30.3 Å². The number of rotatable bonds is 9. The second-order valence-corrected chi connectivity index (χ2v) is 7.07. The van der Waals surface area contributed by atoms with Crippen molar-refractivity contribution in [3.63, 3.8) is 0 Å². The molecule has 0 unspecified atom stereocenters. The van der Waals surface area contributed by atoms with Crippen LogP contribution in [-0.4, -0.2) is 43.1 Å². The summed E-state index contributed by atoms with van der Waals surface area (Å²) in [5, 5.41) is 0. The molecule has 1 rings (SSSR count). The molecule has 5 nitrogen and oxygen atoms in total. The van der Waals surface area contributed by atoms with Gasteiger partial charge in [-0.3, -0.25) is 4.79 Å². The number of carbonyl (C=O) groups excluding carboxylic acids is 1. The maximum Gasteiger partial charge on any atom is 0.500 e. The van der Waals surface area contributed by atoms with E-state index < -0.39 is 8.80 Å². The summed E-state index contributed by atoms with van der Waals surface area (Å²) in [7, 11) is 2.20. The topological polar surface area (TPSA) is 48.0 Å². The number of hydrogen-bond donors (Lipinski definition) is 0. The van der Waals surface area contributed by atoms with E-state index >= 15 is 0 Å². The second-order valence-electron chi connectivity index (χ2n) is 3.98. The summed E-state index contributed by atoms with van der Waals surface area (Å²) in [6, 6.07) is 10.1. The molecule has 0 heterocycles. The van der Waals surface area contributed by atoms with E-state index in [1.54, 1.807) is 26.2 Å². The molecule has 1 aromatic carbocycles. The molecular formula is C13H20NO4Si. The molecule has 6 heteroatoms. The maximum atomic E-state index is 11.0. The van der Waals surface area contributed by atoms with E-state index in [0.29, 0.717) is 12.6 Å². The average molecular weight is 282 g/mol. The standard InChI is InChI=1S/C13H20NO4Si/c1-16-19(17-2,18-3)11-7-10-14(12-15)13-8-5-4-6-9-13/h4-6,8-9H,7,10-11H2,1-3H3. The van der Waals surface area contributed by atoms with Crippen LogP contribution in [0.2, 0.25) is 6.04 Å². The van der Waals surface area contributed by atoms with E-state index in [9.17, 15) is 4.79 Å². The van der Waals surface area contributed by atoms with Crippen molar-refractivity contribution in [1.29, 1.82) is 0 Å². The Balaban J connectivity index is 2.53. The Morgan fingerprint density at radius 3 is 2.16 bits per heavy atom. The van der Waals surface area contributed by atoms with Gasteiger partial charge in [-0.2, -0.15) is 0 Å². The molecule has 0 aliphatic rings. The van der Waals surface area contributed by atoms with Crippen molar-refractivity contribution < 1.29 is 18.1 Å². The summed E-state index contributed by atoms with van der Waals surface area (Å²) < 4.78 is 16.0. The number of hydrogen-bond acceptors (Lipinski definition) is 4. The summed E-state index contributed by atoms with van der Waals surface area (Å²) >= 11 is 0. The highest BCUT2D eigenvalue weighted by Gasteiger charge is 2.37. The van der Waals surface area contributed by atoms with Gasteiger partial charge in [0.1, 0.15) is 0 Å². The summed E-state index contributed by atoms with van der Waals surface area (Å²) in [6.07, 6.45) is 2.66. The molecule has 0 saturated carbocycles. The minimum Gasteiger partial charge on any atom is -0.377 e. The van der Waals surface area contributed by atoms with Gasteiger partial charge >= 0.3 is 15.2 Å². The van der Waals surface area contributed by atoms with Crippen molar-refractivity contribution in [2.45, 2.75) is 12.5 Å². The Morgan fingerprint density at radius 1 is 1.11 bits per heavy atom. The van der Waals surface area contributed by atoms with Crippen molar-refractivity contribution in [1.82, 2.24) is 0 Å². The lowest BCUT2D eigenvalue weighted by Crippen LogP contribution is -2.43. The van der Waals surface area contributed by atoms with Gasteiger partial charge in [-0.25, -0.2) is 0 Å². The van der Waals surface area contributed by atoms with Gasteiger partial charge in [0.05, 0.1) is 0 Å². The number of benzene rings is 1. The van der Waals surface area contributed by atoms with Gasteiger partial charge in [-0.15, -0.1) is 0 Å². The first-order valence-corrected chi connectivity index (χ1v) is 8.00. The molecule has 0 saturated heterocycles. The van der Waals surface area contributed by atoms with Crippen molar-refractivity contribution in [2.24, 2.45) is 0 Å². The fraction of sp³-hybridized carbons (Fsp3) is 0.462. The largest absolute Gasteiger partial charge is 0.500 e. The molecule has 1 aromatic rings. The van der Waals surface area contributed by atoms with Gasteiger partial charge in [-0.05, 0) is 18.6 Å². The van der Waals surface area contributed by atoms with Crippen LogP contribution in [0.1, 0.15) is 6.42 Å². The molecule has 0 fully saturated rings. The highest BCUT2D eigenvalue weighted by atomic mass is 28.4. The SMILES string of the molecule is CO[Si](CCCN([C]=O)c1ccccc1)(OC)OC. The van der Waals surface area contributed by atoms with Crippen LogP contribution in [0.5, 0.6) is 0 Å². The van der Waals surface area contributed by atoms with Crippen LogP contribution < -0.4 is 4.90 Å². The number of para-hydroxylation sites is 1. The summed E-state index contributed by atoms with van der Waals surface area (Å²) in [6.45, 7) is 0.554. The van der Waals surface area contributed by atoms with E-state index in [2.05, 4.69) is 0 Å². The fourth-order valence-electron chi connectivity index (χ4n) is 1.85. The zero-order valence-electron chi connectivity index (χ0n) is 11.6. The molecule has 105 valence electrons. The number of amides is 1. The first-order chi connectivity index (χ1) is 9.21. The highest BCUT2D eigenvalue weighted by Crippen LogP contribution is 2.17. The Kier molecular flexibility index (Phi) is 6.72. The Hall–Kier alpha value is -1.21. The number of nitrogens with zero attached hydrogens (tertiary/aromatic N) is 1. The quantitative estimate of drug-likeness (QED) is 0.512. The van der Waals surface area contributed by atoms with Gasteiger partial charge in [0.2, 0.25) is 0 Å². The smallest absolute Gasteiger partial charge is 0.377 e. The minimum absolute atomic E-state index is 0.554. The lowest BCUT2D eigenvalue weighted by Gasteiger charge is -2.25. The van der Waals surface area contributed by atoms with Crippen LogP contribution in [0.4, 0.5) is 5.69 Å². The molecule has 0 N–H and O–H groups in total. The van der Waals surface area contributed by atoms with Gasteiger partial charge in [-0.1, -0.05) is 18.2 Å². The molecule has 0 bridgehead atoms. The monoisotopic (exact) mass is 282 g/mol. The zero-order chi connectivity index (χ0) is 14.1. The molecular weight excluding hydrogens is 262 g/mol. The second kappa shape index (κ2) is 8.06. The predicted octanol–water partition coefficient (Wildman–Crippen LogP) is 1.83. The fourth-order valence-corrected chi connectivity index (χ4v) is 3.55. The minimum atomic E-state index is -2.55. The third-order valence-corrected chi connectivity index (χ3v) is 5.81. The predicted molar refractivity (Wildman–Crippen MR) is 75.7 cm³/mol. The zero-order valence-corrected chi connectivity index (χ0v) is 12.6. The normalized spacial score (nSPS) is 11.3. The lowest BCUT2D eigenvalue weighted by atomic mass is 10.3. The molecule has 0 aromatic heterocycles. The first kappa shape index (κ1) is 15.8. The van der Waals surface area contributed by atoms with Crippen molar-refractivity contribution in [2.75, 3.05) is 32.8 Å². The van der Waals surface area contributed by atoms with Crippen LogP contribution in [0.3, 0.4) is 0 Å². The summed E-state index contributed by atoms with van der Waals surface area (Å²) in [4.78, 5) is 12.5. The lowest BCUT2D eigenvalue weighted by molar-refractivity contribution is 0.123. The molecule has 0 spiro atoms. The molecule has 0 atom stereocenters. The first-order valence-electron chi connectivity index (χ1n) is 6.07. The van der Waals surface area contributed by atoms with E-state index in [4.69, 9.17) is 13.3 Å². The van der Waals surface area contributed by atoms with Gasteiger partial charge in [0.15, 0.2) is 0 Å². The van der Waals surface area contributed by atoms with Gasteiger partial charge in [0, 0.05) is 39.6 Å². The van der Waals surface area contributed by atoms with E-state index in [0.717, 1.165) is 12.1 Å². The molecule has 0 aliphatic carbocycles. The Morgan fingerprint density at radius 2 is 1.68 bits per heavy atom.